The Morgan fingerprint density at radius 3 is 2.68 bits per heavy atom. The highest BCUT2D eigenvalue weighted by Gasteiger charge is 2.47. The monoisotopic (exact) mass is 261 g/mol. The quantitative estimate of drug-likeness (QED) is 0.765. The highest BCUT2D eigenvalue weighted by molar-refractivity contribution is 5.84. The number of amides is 1. The Balaban J connectivity index is 1.74. The molecule has 1 amide bonds. The van der Waals surface area contributed by atoms with Crippen LogP contribution in [0.1, 0.15) is 18.4 Å². The third-order valence-corrected chi connectivity index (χ3v) is 3.70. The van der Waals surface area contributed by atoms with E-state index in [0.717, 1.165) is 11.3 Å². The van der Waals surface area contributed by atoms with Crippen molar-refractivity contribution in [3.05, 3.63) is 29.8 Å². The van der Waals surface area contributed by atoms with Crippen molar-refractivity contribution in [3.63, 3.8) is 0 Å². The molecular formula is C14H15NO4. The summed E-state index contributed by atoms with van der Waals surface area (Å²) in [4.78, 5) is 24.9. The fourth-order valence-electron chi connectivity index (χ4n) is 2.69. The molecule has 2 aliphatic heterocycles. The van der Waals surface area contributed by atoms with Crippen molar-refractivity contribution in [2.75, 3.05) is 7.11 Å². The second-order valence-electron chi connectivity index (χ2n) is 4.87. The number of fused-ring (bicyclic) bond motifs is 1. The average molecular weight is 261 g/mol. The van der Waals surface area contributed by atoms with Gasteiger partial charge in [0.2, 0.25) is 5.91 Å². The van der Waals surface area contributed by atoms with Crippen LogP contribution in [0.5, 0.6) is 5.75 Å². The van der Waals surface area contributed by atoms with E-state index in [1.807, 2.05) is 24.3 Å². The maximum atomic E-state index is 11.9. The SMILES string of the molecule is COc1ccc(CN2C(=O)CC3OC(=O)CC32)cc1. The van der Waals surface area contributed by atoms with Crippen LogP contribution in [0.25, 0.3) is 0 Å². The smallest absolute Gasteiger partial charge is 0.308 e. The topological polar surface area (TPSA) is 55.8 Å². The predicted molar refractivity (Wildman–Crippen MR) is 66.4 cm³/mol. The van der Waals surface area contributed by atoms with Gasteiger partial charge in [-0.25, -0.2) is 0 Å². The molecule has 1 aromatic rings. The van der Waals surface area contributed by atoms with Gasteiger partial charge in [-0.1, -0.05) is 12.1 Å². The molecule has 19 heavy (non-hydrogen) atoms. The summed E-state index contributed by atoms with van der Waals surface area (Å²) in [6.45, 7) is 0.515. The van der Waals surface area contributed by atoms with Gasteiger partial charge in [0.1, 0.15) is 11.9 Å². The Kier molecular flexibility index (Phi) is 2.89. The predicted octanol–water partition coefficient (Wildman–Crippen LogP) is 1.11. The van der Waals surface area contributed by atoms with Gasteiger partial charge < -0.3 is 14.4 Å². The van der Waals surface area contributed by atoms with E-state index in [4.69, 9.17) is 9.47 Å². The maximum absolute atomic E-state index is 11.9. The number of hydrogen-bond donors (Lipinski definition) is 0. The summed E-state index contributed by atoms with van der Waals surface area (Å²) in [5, 5.41) is 0. The molecule has 0 spiro atoms. The Morgan fingerprint density at radius 1 is 1.26 bits per heavy atom. The lowest BCUT2D eigenvalue weighted by atomic mass is 10.1. The zero-order valence-electron chi connectivity index (χ0n) is 10.7. The molecule has 3 rings (SSSR count). The molecule has 0 aromatic heterocycles. The van der Waals surface area contributed by atoms with Crippen LogP contribution in [0.4, 0.5) is 0 Å². The fourth-order valence-corrected chi connectivity index (χ4v) is 2.69. The molecule has 2 aliphatic rings. The summed E-state index contributed by atoms with van der Waals surface area (Å²) in [5.74, 6) is 0.634. The number of methoxy groups -OCH3 is 1. The average Bonchev–Trinajstić information content (AvgIpc) is 2.88. The van der Waals surface area contributed by atoms with Crippen LogP contribution < -0.4 is 4.74 Å². The highest BCUT2D eigenvalue weighted by Crippen LogP contribution is 2.32. The zero-order valence-corrected chi connectivity index (χ0v) is 10.7. The van der Waals surface area contributed by atoms with Crippen molar-refractivity contribution in [2.45, 2.75) is 31.5 Å². The number of carbonyl (C=O) groups is 2. The molecule has 2 atom stereocenters. The molecule has 2 unspecified atom stereocenters. The van der Waals surface area contributed by atoms with Gasteiger partial charge in [-0.2, -0.15) is 0 Å². The summed E-state index contributed by atoms with van der Waals surface area (Å²) >= 11 is 0. The Labute approximate surface area is 111 Å². The molecule has 5 nitrogen and oxygen atoms in total. The Hall–Kier alpha value is -2.04. The molecule has 0 radical (unpaired) electrons. The fraction of sp³-hybridized carbons (Fsp3) is 0.429. The summed E-state index contributed by atoms with van der Waals surface area (Å²) in [5.41, 5.74) is 1.02. The molecule has 0 saturated carbocycles. The van der Waals surface area contributed by atoms with Crippen LogP contribution in [-0.4, -0.2) is 36.0 Å². The Bertz CT molecular complexity index is 511. The van der Waals surface area contributed by atoms with Crippen molar-refractivity contribution in [3.8, 4) is 5.75 Å². The second-order valence-corrected chi connectivity index (χ2v) is 4.87. The van der Waals surface area contributed by atoms with Gasteiger partial charge in [0.05, 0.1) is 26.0 Å². The molecule has 2 saturated heterocycles. The van der Waals surface area contributed by atoms with Crippen LogP contribution in [0.2, 0.25) is 0 Å². The molecular weight excluding hydrogens is 246 g/mol. The molecule has 100 valence electrons. The third kappa shape index (κ3) is 2.16. The molecule has 0 aliphatic carbocycles. The first-order valence-corrected chi connectivity index (χ1v) is 6.29. The maximum Gasteiger partial charge on any atom is 0.308 e. The van der Waals surface area contributed by atoms with Crippen LogP contribution in [-0.2, 0) is 20.9 Å². The number of likely N-dealkylation sites (tertiary alicyclic amines) is 1. The van der Waals surface area contributed by atoms with E-state index in [-0.39, 0.29) is 24.0 Å². The lowest BCUT2D eigenvalue weighted by Crippen LogP contribution is -2.34. The lowest BCUT2D eigenvalue weighted by Gasteiger charge is -2.22. The molecule has 1 aromatic carbocycles. The van der Waals surface area contributed by atoms with Crippen LogP contribution in [0.15, 0.2) is 24.3 Å². The van der Waals surface area contributed by atoms with E-state index in [2.05, 4.69) is 0 Å². The molecule has 0 bridgehead atoms. The number of carbonyl (C=O) groups excluding carboxylic acids is 2. The number of nitrogens with zero attached hydrogens (tertiary/aromatic N) is 1. The van der Waals surface area contributed by atoms with E-state index < -0.39 is 0 Å². The van der Waals surface area contributed by atoms with Gasteiger partial charge in [0, 0.05) is 6.54 Å². The first-order chi connectivity index (χ1) is 9.17. The minimum atomic E-state index is -0.252. The van der Waals surface area contributed by atoms with Crippen LogP contribution >= 0.6 is 0 Å². The molecule has 2 fully saturated rings. The van der Waals surface area contributed by atoms with Gasteiger partial charge in [0.25, 0.3) is 0 Å². The summed E-state index contributed by atoms with van der Waals surface area (Å²) in [6.07, 6.45) is 0.373. The minimum Gasteiger partial charge on any atom is -0.497 e. The van der Waals surface area contributed by atoms with E-state index in [0.29, 0.717) is 19.4 Å². The number of hydrogen-bond acceptors (Lipinski definition) is 4. The summed E-state index contributed by atoms with van der Waals surface area (Å²) in [6, 6.07) is 7.49. The second kappa shape index (κ2) is 4.57. The third-order valence-electron chi connectivity index (χ3n) is 3.70. The van der Waals surface area contributed by atoms with E-state index in [1.165, 1.54) is 0 Å². The van der Waals surface area contributed by atoms with Gasteiger partial charge in [-0.15, -0.1) is 0 Å². The minimum absolute atomic E-state index is 0.0540. The van der Waals surface area contributed by atoms with Gasteiger partial charge in [0.15, 0.2) is 0 Å². The van der Waals surface area contributed by atoms with Crippen LogP contribution in [0.3, 0.4) is 0 Å². The zero-order chi connectivity index (χ0) is 13.4. The standard InChI is InChI=1S/C14H15NO4/c1-18-10-4-2-9(3-5-10)8-15-11-6-14(17)19-12(11)7-13(15)16/h2-5,11-12H,6-8H2,1H3. The number of esters is 1. The van der Waals surface area contributed by atoms with Gasteiger partial charge in [-0.05, 0) is 17.7 Å². The van der Waals surface area contributed by atoms with Crippen LogP contribution in [0, 0.1) is 0 Å². The lowest BCUT2D eigenvalue weighted by molar-refractivity contribution is -0.142. The molecule has 0 N–H and O–H groups in total. The molecule has 2 heterocycles. The first kappa shape index (κ1) is 12.0. The van der Waals surface area contributed by atoms with E-state index in [1.54, 1.807) is 12.0 Å². The van der Waals surface area contributed by atoms with Crippen molar-refractivity contribution in [2.24, 2.45) is 0 Å². The highest BCUT2D eigenvalue weighted by atomic mass is 16.6. The van der Waals surface area contributed by atoms with Crippen molar-refractivity contribution in [1.29, 1.82) is 0 Å². The van der Waals surface area contributed by atoms with Gasteiger partial charge >= 0.3 is 5.97 Å². The summed E-state index contributed by atoms with van der Waals surface area (Å²) < 4.78 is 10.2. The number of rotatable bonds is 3. The first-order valence-electron chi connectivity index (χ1n) is 6.29. The molecule has 5 heteroatoms. The van der Waals surface area contributed by atoms with Gasteiger partial charge in [-0.3, -0.25) is 9.59 Å². The summed E-state index contributed by atoms with van der Waals surface area (Å²) in [7, 11) is 1.62. The van der Waals surface area contributed by atoms with E-state index in [9.17, 15) is 9.59 Å². The van der Waals surface area contributed by atoms with Crippen molar-refractivity contribution < 1.29 is 19.1 Å². The van der Waals surface area contributed by atoms with Crippen molar-refractivity contribution in [1.82, 2.24) is 4.90 Å². The normalized spacial score (nSPS) is 25.4. The Morgan fingerprint density at radius 2 is 2.00 bits per heavy atom. The van der Waals surface area contributed by atoms with Crippen molar-refractivity contribution >= 4 is 11.9 Å². The largest absolute Gasteiger partial charge is 0.497 e. The number of ether oxygens (including phenoxy) is 2. The van der Waals surface area contributed by atoms with E-state index >= 15 is 0 Å². The number of benzene rings is 1.